The van der Waals surface area contributed by atoms with Crippen molar-refractivity contribution in [1.29, 1.82) is 0 Å². The average Bonchev–Trinajstić information content (AvgIpc) is 2.94. The van der Waals surface area contributed by atoms with Crippen molar-refractivity contribution in [3.63, 3.8) is 0 Å². The van der Waals surface area contributed by atoms with Crippen LogP contribution in [-0.4, -0.2) is 38.2 Å². The van der Waals surface area contributed by atoms with Crippen LogP contribution >= 0.6 is 11.8 Å². The first-order chi connectivity index (χ1) is 12.6. The van der Waals surface area contributed by atoms with Crippen molar-refractivity contribution in [2.24, 2.45) is 0 Å². The molecule has 26 heavy (non-hydrogen) atoms. The summed E-state index contributed by atoms with van der Waals surface area (Å²) in [5.41, 5.74) is 4.22. The number of nitrogens with zero attached hydrogens (tertiary/aromatic N) is 3. The van der Waals surface area contributed by atoms with E-state index in [1.54, 1.807) is 13.3 Å². The summed E-state index contributed by atoms with van der Waals surface area (Å²) in [6.45, 7) is 1.02. The fraction of sp³-hybridized carbons (Fsp3) is 0.263. The molecule has 0 spiro atoms. The molecule has 1 N–H and O–H groups in total. The highest BCUT2D eigenvalue weighted by Crippen LogP contribution is 2.34. The van der Waals surface area contributed by atoms with Crippen molar-refractivity contribution in [1.82, 2.24) is 14.0 Å². The summed E-state index contributed by atoms with van der Waals surface area (Å²) in [6, 6.07) is 11.2. The van der Waals surface area contributed by atoms with E-state index >= 15 is 0 Å². The number of para-hydroxylation sites is 1. The summed E-state index contributed by atoms with van der Waals surface area (Å²) in [5, 5.41) is 10.5. The van der Waals surface area contributed by atoms with E-state index in [4.69, 9.17) is 16.5 Å². The maximum atomic E-state index is 11.5. The van der Waals surface area contributed by atoms with Gasteiger partial charge in [0.1, 0.15) is 6.04 Å². The van der Waals surface area contributed by atoms with E-state index < -0.39 is 12.0 Å². The second kappa shape index (κ2) is 6.63. The molecular weight excluding hydrogens is 354 g/mol. The number of aromatic nitrogens is 2. The van der Waals surface area contributed by atoms with Crippen LogP contribution in [0.1, 0.15) is 16.8 Å². The van der Waals surface area contributed by atoms with Crippen LogP contribution in [0.2, 0.25) is 0 Å². The van der Waals surface area contributed by atoms with Crippen LogP contribution in [0.15, 0.2) is 42.6 Å². The molecule has 4 rings (SSSR count). The number of hydrogen-bond donors (Lipinski definition) is 1. The smallest absolute Gasteiger partial charge is 0.322 e. The number of benzene rings is 1. The number of halogens is 1. The number of carboxylic acid groups (broad SMARTS) is 1. The van der Waals surface area contributed by atoms with Crippen molar-refractivity contribution in [2.45, 2.75) is 25.6 Å². The lowest BCUT2D eigenvalue weighted by atomic mass is 9.98. The highest BCUT2D eigenvalue weighted by atomic mass is 35.5. The van der Waals surface area contributed by atoms with Crippen LogP contribution in [0.3, 0.4) is 0 Å². The Hall–Kier alpha value is -2.57. The Morgan fingerprint density at radius 3 is 2.85 bits per heavy atom. The van der Waals surface area contributed by atoms with Gasteiger partial charge in [-0.2, -0.15) is 4.42 Å². The van der Waals surface area contributed by atoms with Gasteiger partial charge in [-0.25, -0.2) is 4.98 Å². The predicted molar refractivity (Wildman–Crippen MR) is 98.4 cm³/mol. The van der Waals surface area contributed by atoms with Gasteiger partial charge in [0.2, 0.25) is 5.88 Å². The topological polar surface area (TPSA) is 67.6 Å². The molecule has 0 fully saturated rings. The predicted octanol–water partition coefficient (Wildman–Crippen LogP) is 3.06. The maximum absolute atomic E-state index is 11.5. The van der Waals surface area contributed by atoms with Crippen molar-refractivity contribution >= 4 is 28.6 Å². The van der Waals surface area contributed by atoms with Gasteiger partial charge >= 0.3 is 5.97 Å². The lowest BCUT2D eigenvalue weighted by molar-refractivity contribution is -0.141. The zero-order chi connectivity index (χ0) is 18.3. The van der Waals surface area contributed by atoms with Gasteiger partial charge in [-0.1, -0.05) is 24.3 Å². The normalized spacial score (nSPS) is 17.2. The van der Waals surface area contributed by atoms with Crippen molar-refractivity contribution in [3.8, 4) is 5.88 Å². The molecule has 0 unspecified atom stereocenters. The third kappa shape index (κ3) is 2.81. The van der Waals surface area contributed by atoms with Crippen LogP contribution in [0.5, 0.6) is 5.88 Å². The molecule has 1 atom stereocenters. The Labute approximate surface area is 155 Å². The van der Waals surface area contributed by atoms with Gasteiger partial charge in [-0.05, 0) is 29.0 Å². The average molecular weight is 372 g/mol. The quantitative estimate of drug-likeness (QED) is 0.714. The second-order valence-electron chi connectivity index (χ2n) is 6.35. The number of methoxy groups -OCH3 is 1. The van der Waals surface area contributed by atoms with E-state index in [1.807, 2.05) is 30.3 Å². The van der Waals surface area contributed by atoms with E-state index in [-0.39, 0.29) is 0 Å². The number of fused-ring (bicyclic) bond motifs is 3. The molecule has 2 aromatic heterocycles. The minimum Gasteiger partial charge on any atom is -0.481 e. The lowest BCUT2D eigenvalue weighted by Crippen LogP contribution is -2.40. The summed E-state index contributed by atoms with van der Waals surface area (Å²) in [6.07, 6.45) is 2.18. The third-order valence-corrected chi connectivity index (χ3v) is 5.22. The number of pyridine rings is 1. The summed E-state index contributed by atoms with van der Waals surface area (Å²) < 4.78 is 8.69. The summed E-state index contributed by atoms with van der Waals surface area (Å²) >= 11 is 6.26. The Bertz CT molecular complexity index is 968. The standard InChI is InChI=1S/C19H18ClN3O3/c1-26-18-7-6-12(9-21-18)10-22-15-5-3-2-4-13(15)14-8-16(19(24)25)23(20)11-17(14)22/h2-7,9,16H,8,10-11H2,1H3,(H,24,25)/t16-/m0/s1. The molecular formula is C19H18ClN3O3. The van der Waals surface area contributed by atoms with Gasteiger partial charge in [0.25, 0.3) is 0 Å². The largest absolute Gasteiger partial charge is 0.481 e. The van der Waals surface area contributed by atoms with Crippen LogP contribution < -0.4 is 4.74 Å². The number of ether oxygens (including phenoxy) is 1. The van der Waals surface area contributed by atoms with E-state index in [0.29, 0.717) is 25.4 Å². The highest BCUT2D eigenvalue weighted by molar-refractivity contribution is 6.15. The van der Waals surface area contributed by atoms with Gasteiger partial charge in [0.15, 0.2) is 0 Å². The third-order valence-electron chi connectivity index (χ3n) is 4.86. The number of hydrogen-bond acceptors (Lipinski definition) is 4. The van der Waals surface area contributed by atoms with E-state index in [2.05, 4.69) is 15.6 Å². The molecule has 1 aromatic carbocycles. The van der Waals surface area contributed by atoms with Gasteiger partial charge in [0, 0.05) is 41.8 Å². The van der Waals surface area contributed by atoms with Gasteiger partial charge in [0.05, 0.1) is 13.7 Å². The zero-order valence-corrected chi connectivity index (χ0v) is 15.0. The van der Waals surface area contributed by atoms with Gasteiger partial charge in [-0.15, -0.1) is 0 Å². The Morgan fingerprint density at radius 1 is 1.35 bits per heavy atom. The minimum atomic E-state index is -0.901. The fourth-order valence-corrected chi connectivity index (χ4v) is 3.84. The lowest BCUT2D eigenvalue weighted by Gasteiger charge is -2.28. The molecule has 0 aliphatic carbocycles. The molecule has 0 amide bonds. The Balaban J connectivity index is 1.80. The molecule has 0 saturated carbocycles. The second-order valence-corrected chi connectivity index (χ2v) is 6.79. The molecule has 0 bridgehead atoms. The first-order valence-electron chi connectivity index (χ1n) is 8.31. The SMILES string of the molecule is COc1ccc(Cn2c3c(c4ccccc42)C[C@@H](C(=O)O)N(Cl)C3)cn1. The molecule has 6 nitrogen and oxygen atoms in total. The van der Waals surface area contributed by atoms with Gasteiger partial charge < -0.3 is 14.4 Å². The zero-order valence-electron chi connectivity index (χ0n) is 14.2. The molecule has 1 aliphatic heterocycles. The minimum absolute atomic E-state index is 0.381. The molecule has 0 radical (unpaired) electrons. The van der Waals surface area contributed by atoms with Crippen molar-refractivity contribution in [2.75, 3.05) is 7.11 Å². The molecule has 134 valence electrons. The first kappa shape index (κ1) is 16.9. The summed E-state index contributed by atoms with van der Waals surface area (Å²) in [4.78, 5) is 15.8. The summed E-state index contributed by atoms with van der Waals surface area (Å²) in [5.74, 6) is -0.328. The first-order valence-corrected chi connectivity index (χ1v) is 8.65. The van der Waals surface area contributed by atoms with Crippen LogP contribution in [-0.2, 0) is 24.3 Å². The van der Waals surface area contributed by atoms with E-state index in [1.165, 1.54) is 4.42 Å². The fourth-order valence-electron chi connectivity index (χ4n) is 3.58. The Morgan fingerprint density at radius 2 is 2.15 bits per heavy atom. The number of carboxylic acids is 1. The number of aliphatic carboxylic acids is 1. The molecule has 7 heteroatoms. The van der Waals surface area contributed by atoms with E-state index in [9.17, 15) is 9.90 Å². The molecule has 3 aromatic rings. The number of rotatable bonds is 4. The Kier molecular flexibility index (Phi) is 4.30. The van der Waals surface area contributed by atoms with Crippen LogP contribution in [0.25, 0.3) is 10.9 Å². The molecule has 0 saturated heterocycles. The number of carbonyl (C=O) groups is 1. The summed E-state index contributed by atoms with van der Waals surface area (Å²) in [7, 11) is 1.59. The van der Waals surface area contributed by atoms with Crippen LogP contribution in [0, 0.1) is 0 Å². The monoisotopic (exact) mass is 371 g/mol. The van der Waals surface area contributed by atoms with Crippen molar-refractivity contribution < 1.29 is 14.6 Å². The highest BCUT2D eigenvalue weighted by Gasteiger charge is 2.34. The van der Waals surface area contributed by atoms with Crippen molar-refractivity contribution in [3.05, 3.63) is 59.4 Å². The maximum Gasteiger partial charge on any atom is 0.322 e. The van der Waals surface area contributed by atoms with Crippen LogP contribution in [0.4, 0.5) is 0 Å². The van der Waals surface area contributed by atoms with Gasteiger partial charge in [-0.3, -0.25) is 4.79 Å². The molecule has 3 heterocycles. The van der Waals surface area contributed by atoms with E-state index in [0.717, 1.165) is 27.7 Å². The molecule has 1 aliphatic rings.